The summed E-state index contributed by atoms with van der Waals surface area (Å²) in [6, 6.07) is 29.4. The number of hydrogen-bond acceptors (Lipinski definition) is 5. The summed E-state index contributed by atoms with van der Waals surface area (Å²) >= 11 is 4.81. The van der Waals surface area contributed by atoms with E-state index >= 15 is 0 Å². The highest BCUT2D eigenvalue weighted by molar-refractivity contribution is 9.10. The van der Waals surface area contributed by atoms with E-state index in [4.69, 9.17) is 14.5 Å². The first-order valence-electron chi connectivity index (χ1n) is 12.4. The Morgan fingerprint density at radius 3 is 2.23 bits per heavy atom. The van der Waals surface area contributed by atoms with Crippen LogP contribution >= 0.6 is 27.7 Å². The van der Waals surface area contributed by atoms with Gasteiger partial charge in [-0.1, -0.05) is 75.6 Å². The summed E-state index contributed by atoms with van der Waals surface area (Å²) in [5.41, 5.74) is 5.60. The molecule has 0 bridgehead atoms. The lowest BCUT2D eigenvalue weighted by Gasteiger charge is -2.16. The molecule has 0 atom stereocenters. The van der Waals surface area contributed by atoms with Gasteiger partial charge in [0.1, 0.15) is 6.61 Å². The topological polar surface area (TPSA) is 51.1 Å². The van der Waals surface area contributed by atoms with E-state index in [2.05, 4.69) is 15.9 Å². The van der Waals surface area contributed by atoms with Gasteiger partial charge in [-0.2, -0.15) is 0 Å². The van der Waals surface area contributed by atoms with Crippen molar-refractivity contribution < 1.29 is 14.3 Å². The van der Waals surface area contributed by atoms with E-state index in [1.807, 2.05) is 111 Å². The number of aryl methyl sites for hydroxylation is 2. The Bertz CT molecular complexity index is 1550. The second-order valence-electron chi connectivity index (χ2n) is 9.11. The van der Waals surface area contributed by atoms with Crippen LogP contribution in [0, 0.1) is 13.8 Å². The molecular formula is C32H27BrN2O3S. The predicted molar refractivity (Wildman–Crippen MR) is 164 cm³/mol. The summed E-state index contributed by atoms with van der Waals surface area (Å²) in [7, 11) is 1.61. The first-order chi connectivity index (χ1) is 18.9. The Balaban J connectivity index is 1.52. The lowest BCUT2D eigenvalue weighted by Crippen LogP contribution is -2.28. The number of amides is 1. The van der Waals surface area contributed by atoms with Gasteiger partial charge in [0.2, 0.25) is 0 Å². The molecule has 1 aliphatic heterocycles. The zero-order valence-corrected chi connectivity index (χ0v) is 24.3. The number of hydrogen-bond donors (Lipinski definition) is 0. The summed E-state index contributed by atoms with van der Waals surface area (Å²) in [5, 5.41) is 0.596. The average molecular weight is 600 g/mol. The van der Waals surface area contributed by atoms with E-state index in [1.54, 1.807) is 12.0 Å². The van der Waals surface area contributed by atoms with Gasteiger partial charge in [-0.15, -0.1) is 0 Å². The molecule has 5 nitrogen and oxygen atoms in total. The van der Waals surface area contributed by atoms with Crippen molar-refractivity contribution in [2.75, 3.05) is 12.0 Å². The maximum atomic E-state index is 13.8. The number of halogens is 1. The van der Waals surface area contributed by atoms with Crippen molar-refractivity contribution in [3.63, 3.8) is 0 Å². The van der Waals surface area contributed by atoms with Crippen molar-refractivity contribution in [3.05, 3.63) is 123 Å². The zero-order chi connectivity index (χ0) is 27.4. The van der Waals surface area contributed by atoms with Crippen LogP contribution in [-0.4, -0.2) is 18.2 Å². The molecule has 1 aliphatic rings. The van der Waals surface area contributed by atoms with Crippen LogP contribution in [-0.2, 0) is 11.4 Å². The van der Waals surface area contributed by atoms with Crippen LogP contribution in [0.4, 0.5) is 11.4 Å². The summed E-state index contributed by atoms with van der Waals surface area (Å²) in [6.07, 6.45) is 1.85. The van der Waals surface area contributed by atoms with Crippen molar-refractivity contribution in [1.82, 2.24) is 0 Å². The molecule has 1 saturated heterocycles. The Kier molecular flexibility index (Phi) is 8.19. The van der Waals surface area contributed by atoms with Gasteiger partial charge in [-0.25, -0.2) is 4.99 Å². The molecule has 0 aromatic heterocycles. The van der Waals surface area contributed by atoms with E-state index in [0.29, 0.717) is 28.2 Å². The minimum atomic E-state index is -0.142. The van der Waals surface area contributed by atoms with Crippen LogP contribution in [0.3, 0.4) is 0 Å². The second-order valence-corrected chi connectivity index (χ2v) is 11.0. The van der Waals surface area contributed by atoms with E-state index in [1.165, 1.54) is 11.8 Å². The van der Waals surface area contributed by atoms with Crippen LogP contribution in [0.25, 0.3) is 6.08 Å². The third kappa shape index (κ3) is 6.27. The quantitative estimate of drug-likeness (QED) is 0.200. The molecule has 1 heterocycles. The lowest BCUT2D eigenvalue weighted by molar-refractivity contribution is -0.113. The maximum absolute atomic E-state index is 13.8. The van der Waals surface area contributed by atoms with Crippen LogP contribution in [0.1, 0.15) is 22.3 Å². The molecule has 196 valence electrons. The van der Waals surface area contributed by atoms with Gasteiger partial charge < -0.3 is 9.47 Å². The Hall–Kier alpha value is -3.81. The molecule has 39 heavy (non-hydrogen) atoms. The van der Waals surface area contributed by atoms with Gasteiger partial charge in [0.25, 0.3) is 5.91 Å². The smallest absolute Gasteiger partial charge is 0.271 e. The molecular weight excluding hydrogens is 572 g/mol. The average Bonchev–Trinajstić information content (AvgIpc) is 3.24. The van der Waals surface area contributed by atoms with E-state index in [-0.39, 0.29) is 5.91 Å². The van der Waals surface area contributed by atoms with Crippen LogP contribution in [0.5, 0.6) is 11.5 Å². The minimum Gasteiger partial charge on any atom is -0.493 e. The number of benzene rings is 4. The number of para-hydroxylation sites is 1. The molecule has 0 saturated carbocycles. The number of methoxy groups -OCH3 is 1. The third-order valence-corrected chi connectivity index (χ3v) is 7.67. The molecule has 5 rings (SSSR count). The number of carbonyl (C=O) groups excluding carboxylic acids is 1. The number of carbonyl (C=O) groups is 1. The number of ether oxygens (including phenoxy) is 2. The maximum Gasteiger partial charge on any atom is 0.271 e. The van der Waals surface area contributed by atoms with Crippen LogP contribution in [0.2, 0.25) is 0 Å². The van der Waals surface area contributed by atoms with Crippen LogP contribution < -0.4 is 14.4 Å². The first-order valence-corrected chi connectivity index (χ1v) is 14.0. The van der Waals surface area contributed by atoms with Gasteiger partial charge in [-0.05, 0) is 79.7 Å². The van der Waals surface area contributed by atoms with Crippen molar-refractivity contribution in [2.45, 2.75) is 20.5 Å². The summed E-state index contributed by atoms with van der Waals surface area (Å²) in [5.74, 6) is 1.03. The fraction of sp³-hybridized carbons (Fsp3) is 0.125. The molecule has 1 fully saturated rings. The first kappa shape index (κ1) is 26.8. The number of rotatable bonds is 7. The molecule has 4 aromatic rings. The Morgan fingerprint density at radius 2 is 1.56 bits per heavy atom. The number of thioether (sulfide) groups is 1. The second kappa shape index (κ2) is 11.9. The van der Waals surface area contributed by atoms with Gasteiger partial charge in [0.15, 0.2) is 16.7 Å². The number of aliphatic imine (C=N–C) groups is 1. The summed E-state index contributed by atoms with van der Waals surface area (Å²) in [6.45, 7) is 4.42. The van der Waals surface area contributed by atoms with Crippen molar-refractivity contribution in [1.29, 1.82) is 0 Å². The highest BCUT2D eigenvalue weighted by Gasteiger charge is 2.35. The third-order valence-electron chi connectivity index (χ3n) is 6.17. The molecule has 0 aliphatic carbocycles. The Morgan fingerprint density at radius 1 is 0.897 bits per heavy atom. The number of amidine groups is 1. The molecule has 0 N–H and O–H groups in total. The lowest BCUT2D eigenvalue weighted by atomic mass is 10.1. The number of nitrogens with zero attached hydrogens (tertiary/aromatic N) is 2. The fourth-order valence-electron chi connectivity index (χ4n) is 4.04. The fourth-order valence-corrected chi connectivity index (χ4v) is 5.30. The molecule has 0 unspecified atom stereocenters. The van der Waals surface area contributed by atoms with Crippen LogP contribution in [0.15, 0.2) is 105 Å². The van der Waals surface area contributed by atoms with Gasteiger partial charge in [-0.3, -0.25) is 9.69 Å². The van der Waals surface area contributed by atoms with Gasteiger partial charge >= 0.3 is 0 Å². The monoisotopic (exact) mass is 598 g/mol. The standard InChI is InChI=1S/C32H27BrN2O3S/c1-21-7-15-26(16-8-21)34-32-35(27-17-9-22(2)10-18-27)31(36)29(39-32)19-24-5-4-6-28(37-3)30(24)38-20-23-11-13-25(33)14-12-23/h4-19H,20H2,1-3H3/b29-19+,34-32?. The predicted octanol–water partition coefficient (Wildman–Crippen LogP) is 8.46. The Labute approximate surface area is 241 Å². The zero-order valence-electron chi connectivity index (χ0n) is 21.9. The molecule has 0 radical (unpaired) electrons. The molecule has 4 aromatic carbocycles. The molecule has 7 heteroatoms. The highest BCUT2D eigenvalue weighted by Crippen LogP contribution is 2.40. The van der Waals surface area contributed by atoms with E-state index < -0.39 is 0 Å². The normalized spacial score (nSPS) is 15.3. The largest absolute Gasteiger partial charge is 0.493 e. The minimum absolute atomic E-state index is 0.142. The van der Waals surface area contributed by atoms with Gasteiger partial charge in [0.05, 0.1) is 23.4 Å². The van der Waals surface area contributed by atoms with E-state index in [0.717, 1.165) is 38.1 Å². The van der Waals surface area contributed by atoms with Gasteiger partial charge in [0, 0.05) is 10.0 Å². The summed E-state index contributed by atoms with van der Waals surface area (Å²) < 4.78 is 12.9. The van der Waals surface area contributed by atoms with Crippen molar-refractivity contribution in [3.8, 4) is 11.5 Å². The number of anilines is 1. The van der Waals surface area contributed by atoms with Crippen molar-refractivity contribution in [2.24, 2.45) is 4.99 Å². The molecule has 1 amide bonds. The van der Waals surface area contributed by atoms with Crippen molar-refractivity contribution >= 4 is 56.2 Å². The van der Waals surface area contributed by atoms with E-state index in [9.17, 15) is 4.79 Å². The SMILES string of the molecule is COc1cccc(/C=C2/SC(=Nc3ccc(C)cc3)N(c3ccc(C)cc3)C2=O)c1OCc1ccc(Br)cc1. The highest BCUT2D eigenvalue weighted by atomic mass is 79.9. The molecule has 0 spiro atoms. The summed E-state index contributed by atoms with van der Waals surface area (Å²) in [4.78, 5) is 20.9.